The molecule has 0 fully saturated rings. The van der Waals surface area contributed by atoms with Crippen LogP contribution in [-0.2, 0) is 14.8 Å². The van der Waals surface area contributed by atoms with Crippen LogP contribution < -0.4 is 28.6 Å². The van der Waals surface area contributed by atoms with Crippen molar-refractivity contribution >= 4 is 21.6 Å². The van der Waals surface area contributed by atoms with E-state index in [0.717, 1.165) is 9.87 Å². The number of amides is 1. The lowest BCUT2D eigenvalue weighted by Gasteiger charge is -2.25. The lowest BCUT2D eigenvalue weighted by molar-refractivity contribution is -0.120. The van der Waals surface area contributed by atoms with Crippen LogP contribution in [0.5, 0.6) is 23.0 Å². The van der Waals surface area contributed by atoms with Gasteiger partial charge in [0.1, 0.15) is 6.54 Å². The molecule has 0 aliphatic rings. The van der Waals surface area contributed by atoms with Crippen LogP contribution >= 0.6 is 0 Å². The molecule has 0 spiro atoms. The molecule has 0 aromatic heterocycles. The molecule has 0 aliphatic heterocycles. The largest absolute Gasteiger partial charge is 0.493 e. The maximum atomic E-state index is 13.7. The minimum atomic E-state index is -4.13. The fraction of sp³-hybridized carbons (Fsp3) is 0.269. The number of hydrogen-bond acceptors (Lipinski definition) is 7. The van der Waals surface area contributed by atoms with E-state index in [1.54, 1.807) is 56.5 Å². The fourth-order valence-corrected chi connectivity index (χ4v) is 5.07. The van der Waals surface area contributed by atoms with E-state index < -0.39 is 28.5 Å². The van der Waals surface area contributed by atoms with E-state index in [1.807, 2.05) is 6.07 Å². The molecule has 0 heterocycles. The third kappa shape index (κ3) is 5.83. The van der Waals surface area contributed by atoms with E-state index in [2.05, 4.69) is 5.32 Å². The van der Waals surface area contributed by atoms with Crippen LogP contribution in [0.3, 0.4) is 0 Å². The average Bonchev–Trinajstić information content (AvgIpc) is 2.91. The number of carbonyl (C=O) groups excluding carboxylic acids is 1. The Morgan fingerprint density at radius 3 is 1.94 bits per heavy atom. The van der Waals surface area contributed by atoms with Gasteiger partial charge in [0.05, 0.1) is 45.1 Å². The van der Waals surface area contributed by atoms with Crippen LogP contribution in [0.2, 0.25) is 0 Å². The van der Waals surface area contributed by atoms with Crippen LogP contribution in [0, 0.1) is 0 Å². The van der Waals surface area contributed by atoms with E-state index >= 15 is 0 Å². The lowest BCUT2D eigenvalue weighted by Crippen LogP contribution is -2.41. The van der Waals surface area contributed by atoms with Gasteiger partial charge >= 0.3 is 0 Å². The van der Waals surface area contributed by atoms with E-state index in [4.69, 9.17) is 18.9 Å². The van der Waals surface area contributed by atoms with Crippen molar-refractivity contribution in [3.63, 3.8) is 0 Å². The molecule has 1 amide bonds. The number of para-hydroxylation sites is 1. The van der Waals surface area contributed by atoms with Crippen LogP contribution in [0.15, 0.2) is 71.6 Å². The van der Waals surface area contributed by atoms with Crippen LogP contribution in [0.25, 0.3) is 0 Å². The first-order valence-electron chi connectivity index (χ1n) is 11.1. The quantitative estimate of drug-likeness (QED) is 0.415. The van der Waals surface area contributed by atoms with Crippen LogP contribution in [0.4, 0.5) is 5.69 Å². The Bertz CT molecular complexity index is 1300. The van der Waals surface area contributed by atoms with Crippen molar-refractivity contribution in [2.24, 2.45) is 0 Å². The topological polar surface area (TPSA) is 103 Å². The van der Waals surface area contributed by atoms with E-state index in [1.165, 1.54) is 39.5 Å². The average molecular weight is 515 g/mol. The van der Waals surface area contributed by atoms with Crippen molar-refractivity contribution < 1.29 is 32.2 Å². The number of sulfonamides is 1. The number of benzene rings is 3. The number of hydrogen-bond donors (Lipinski definition) is 1. The second-order valence-electron chi connectivity index (χ2n) is 7.77. The Balaban J connectivity index is 1.89. The van der Waals surface area contributed by atoms with Gasteiger partial charge in [0.2, 0.25) is 5.91 Å². The number of anilines is 1. The van der Waals surface area contributed by atoms with Crippen molar-refractivity contribution in [1.29, 1.82) is 0 Å². The van der Waals surface area contributed by atoms with Gasteiger partial charge in [0.25, 0.3) is 10.0 Å². The number of rotatable bonds is 11. The third-order valence-electron chi connectivity index (χ3n) is 5.56. The third-order valence-corrected chi connectivity index (χ3v) is 7.33. The van der Waals surface area contributed by atoms with Crippen molar-refractivity contribution in [3.8, 4) is 23.0 Å². The van der Waals surface area contributed by atoms with Crippen molar-refractivity contribution in [2.75, 3.05) is 39.3 Å². The molecular weight excluding hydrogens is 484 g/mol. The molecule has 1 atom stereocenters. The molecule has 3 aromatic carbocycles. The Hall–Kier alpha value is -3.92. The predicted molar refractivity (Wildman–Crippen MR) is 137 cm³/mol. The first-order valence-corrected chi connectivity index (χ1v) is 12.5. The van der Waals surface area contributed by atoms with Gasteiger partial charge < -0.3 is 24.3 Å². The van der Waals surface area contributed by atoms with E-state index in [9.17, 15) is 13.2 Å². The fourth-order valence-electron chi connectivity index (χ4n) is 3.64. The Labute approximate surface area is 211 Å². The molecular formula is C26H30N2O7S. The summed E-state index contributed by atoms with van der Waals surface area (Å²) in [6.07, 6.45) is 0. The first kappa shape index (κ1) is 26.7. The van der Waals surface area contributed by atoms with Gasteiger partial charge in [0.15, 0.2) is 23.0 Å². The molecule has 9 nitrogen and oxygen atoms in total. The highest BCUT2D eigenvalue weighted by molar-refractivity contribution is 7.92. The lowest BCUT2D eigenvalue weighted by atomic mass is 10.1. The standard InChI is InChI=1S/C26H30N2O7S/c1-18(19-11-13-22(32-2)24(15-19)34-4)27-26(29)17-28(20-9-7-6-8-10-20)36(30,31)21-12-14-23(33-3)25(16-21)35-5/h6-16,18H,17H2,1-5H3,(H,27,29)/t18-/m1/s1. The number of nitrogens with zero attached hydrogens (tertiary/aromatic N) is 1. The molecule has 0 radical (unpaired) electrons. The highest BCUT2D eigenvalue weighted by Crippen LogP contribution is 2.33. The second-order valence-corrected chi connectivity index (χ2v) is 9.63. The van der Waals surface area contributed by atoms with Gasteiger partial charge in [-0.2, -0.15) is 0 Å². The van der Waals surface area contributed by atoms with Gasteiger partial charge in [-0.1, -0.05) is 24.3 Å². The SMILES string of the molecule is COc1ccc([C@@H](C)NC(=O)CN(c2ccccc2)S(=O)(=O)c2ccc(OC)c(OC)c2)cc1OC. The minimum Gasteiger partial charge on any atom is -0.493 e. The Morgan fingerprint density at radius 2 is 1.36 bits per heavy atom. The van der Waals surface area contributed by atoms with E-state index in [0.29, 0.717) is 22.9 Å². The number of carbonyl (C=O) groups is 1. The normalized spacial score (nSPS) is 11.8. The molecule has 1 N–H and O–H groups in total. The van der Waals surface area contributed by atoms with Gasteiger partial charge in [0, 0.05) is 6.07 Å². The molecule has 3 aromatic rings. The molecule has 10 heteroatoms. The summed E-state index contributed by atoms with van der Waals surface area (Å²) in [6, 6.07) is 17.6. The van der Waals surface area contributed by atoms with Gasteiger partial charge in [-0.25, -0.2) is 8.42 Å². The molecule has 0 saturated carbocycles. The first-order chi connectivity index (χ1) is 17.2. The Morgan fingerprint density at radius 1 is 0.806 bits per heavy atom. The highest BCUT2D eigenvalue weighted by Gasteiger charge is 2.29. The smallest absolute Gasteiger partial charge is 0.264 e. The maximum absolute atomic E-state index is 13.7. The maximum Gasteiger partial charge on any atom is 0.264 e. The molecule has 0 unspecified atom stereocenters. The molecule has 0 aliphatic carbocycles. The Kier molecular flexibility index (Phi) is 8.65. The van der Waals surface area contributed by atoms with Gasteiger partial charge in [-0.05, 0) is 48.9 Å². The van der Waals surface area contributed by atoms with Gasteiger partial charge in [-0.15, -0.1) is 0 Å². The van der Waals surface area contributed by atoms with Gasteiger partial charge in [-0.3, -0.25) is 9.10 Å². The molecule has 3 rings (SSSR count). The van der Waals surface area contributed by atoms with Crippen molar-refractivity contribution in [3.05, 3.63) is 72.3 Å². The summed E-state index contributed by atoms with van der Waals surface area (Å²) < 4.78 is 49.5. The molecule has 36 heavy (non-hydrogen) atoms. The number of ether oxygens (including phenoxy) is 4. The summed E-state index contributed by atoms with van der Waals surface area (Å²) in [5, 5.41) is 2.86. The second kappa shape index (κ2) is 11.7. The molecule has 0 saturated heterocycles. The number of methoxy groups -OCH3 is 4. The zero-order valence-electron chi connectivity index (χ0n) is 20.8. The highest BCUT2D eigenvalue weighted by atomic mass is 32.2. The monoisotopic (exact) mass is 514 g/mol. The summed E-state index contributed by atoms with van der Waals surface area (Å²) in [5.41, 5.74) is 1.12. The number of nitrogens with one attached hydrogen (secondary N) is 1. The summed E-state index contributed by atoms with van der Waals surface area (Å²) in [7, 11) is 1.83. The minimum absolute atomic E-state index is 0.0373. The van der Waals surface area contributed by atoms with Crippen LogP contribution in [0.1, 0.15) is 18.5 Å². The summed E-state index contributed by atoms with van der Waals surface area (Å²) in [4.78, 5) is 13.0. The van der Waals surface area contributed by atoms with E-state index in [-0.39, 0.29) is 10.6 Å². The summed E-state index contributed by atoms with van der Waals surface area (Å²) >= 11 is 0. The summed E-state index contributed by atoms with van der Waals surface area (Å²) in [5.74, 6) is 1.27. The summed E-state index contributed by atoms with van der Waals surface area (Å²) in [6.45, 7) is 1.37. The van der Waals surface area contributed by atoms with Crippen molar-refractivity contribution in [2.45, 2.75) is 17.9 Å². The zero-order valence-corrected chi connectivity index (χ0v) is 21.7. The van der Waals surface area contributed by atoms with Crippen molar-refractivity contribution in [1.82, 2.24) is 5.32 Å². The molecule has 192 valence electrons. The predicted octanol–water partition coefficient (Wildman–Crippen LogP) is 3.79. The zero-order chi connectivity index (χ0) is 26.3. The van der Waals surface area contributed by atoms with Crippen LogP contribution in [-0.4, -0.2) is 49.3 Å². The molecule has 0 bridgehead atoms.